The van der Waals surface area contributed by atoms with E-state index in [1.165, 1.54) is 7.11 Å². The van der Waals surface area contributed by atoms with E-state index in [4.69, 9.17) is 9.26 Å². The molecule has 0 atom stereocenters. The number of aryl methyl sites for hydroxylation is 2. The van der Waals surface area contributed by atoms with Crippen LogP contribution in [0.25, 0.3) is 10.9 Å². The lowest BCUT2D eigenvalue weighted by atomic mass is 10.2. The number of aromatic nitrogens is 3. The Labute approximate surface area is 143 Å². The molecule has 25 heavy (non-hydrogen) atoms. The van der Waals surface area contributed by atoms with E-state index < -0.39 is 0 Å². The van der Waals surface area contributed by atoms with Crippen molar-refractivity contribution in [2.75, 3.05) is 7.11 Å². The van der Waals surface area contributed by atoms with Crippen LogP contribution in [-0.4, -0.2) is 28.1 Å². The van der Waals surface area contributed by atoms with Gasteiger partial charge in [0, 0.05) is 18.9 Å². The lowest BCUT2D eigenvalue weighted by Crippen LogP contribution is -2.24. The molecule has 0 saturated carbocycles. The summed E-state index contributed by atoms with van der Waals surface area (Å²) in [7, 11) is 1.52. The first-order chi connectivity index (χ1) is 12.1. The third-order valence-electron chi connectivity index (χ3n) is 3.70. The van der Waals surface area contributed by atoms with Gasteiger partial charge in [-0.1, -0.05) is 11.2 Å². The maximum atomic E-state index is 12.2. The summed E-state index contributed by atoms with van der Waals surface area (Å²) in [4.78, 5) is 31.2. The number of carbonyl (C=O) groups is 1. The standard InChI is InChI=1S/C17H18N4O4/c1-10-8-11(21-25-10)9-18-15(22)7-6-14-19-16-12(17(23)20-14)4-3-5-13(16)24-2/h3-5,8H,6-7,9H2,1-2H3,(H,18,22)(H,19,20,23). The first-order valence-corrected chi connectivity index (χ1v) is 7.81. The van der Waals surface area contributed by atoms with Crippen LogP contribution in [0.4, 0.5) is 0 Å². The molecule has 130 valence electrons. The van der Waals surface area contributed by atoms with Gasteiger partial charge in [0.05, 0.1) is 19.0 Å². The van der Waals surface area contributed by atoms with Crippen LogP contribution in [-0.2, 0) is 17.8 Å². The van der Waals surface area contributed by atoms with Crippen molar-refractivity contribution in [3.8, 4) is 5.75 Å². The van der Waals surface area contributed by atoms with Crippen LogP contribution in [0.1, 0.15) is 23.7 Å². The molecule has 0 spiro atoms. The summed E-state index contributed by atoms with van der Waals surface area (Å²) >= 11 is 0. The molecule has 0 fully saturated rings. The number of benzene rings is 1. The minimum Gasteiger partial charge on any atom is -0.494 e. The number of rotatable bonds is 6. The second kappa shape index (κ2) is 7.16. The Morgan fingerprint density at radius 2 is 2.24 bits per heavy atom. The van der Waals surface area contributed by atoms with Gasteiger partial charge >= 0.3 is 0 Å². The molecular weight excluding hydrogens is 324 g/mol. The number of fused-ring (bicyclic) bond motifs is 1. The summed E-state index contributed by atoms with van der Waals surface area (Å²) in [6.07, 6.45) is 0.507. The van der Waals surface area contributed by atoms with Crippen LogP contribution in [0.5, 0.6) is 5.75 Å². The topological polar surface area (TPSA) is 110 Å². The van der Waals surface area contributed by atoms with Crippen molar-refractivity contribution in [2.45, 2.75) is 26.3 Å². The molecule has 0 aliphatic carbocycles. The molecule has 0 aliphatic rings. The van der Waals surface area contributed by atoms with Gasteiger partial charge in [-0.3, -0.25) is 9.59 Å². The van der Waals surface area contributed by atoms with Gasteiger partial charge in [-0.15, -0.1) is 0 Å². The summed E-state index contributed by atoms with van der Waals surface area (Å²) in [6, 6.07) is 6.91. The Morgan fingerprint density at radius 3 is 2.96 bits per heavy atom. The zero-order valence-corrected chi connectivity index (χ0v) is 14.0. The Morgan fingerprint density at radius 1 is 1.40 bits per heavy atom. The first-order valence-electron chi connectivity index (χ1n) is 7.81. The van der Waals surface area contributed by atoms with Gasteiger partial charge in [-0.2, -0.15) is 0 Å². The Kier molecular flexibility index (Phi) is 4.78. The second-order valence-corrected chi connectivity index (χ2v) is 5.57. The zero-order chi connectivity index (χ0) is 17.8. The van der Waals surface area contributed by atoms with Crippen molar-refractivity contribution in [3.63, 3.8) is 0 Å². The van der Waals surface area contributed by atoms with Crippen molar-refractivity contribution < 1.29 is 14.1 Å². The summed E-state index contributed by atoms with van der Waals surface area (Å²) in [6.45, 7) is 2.08. The van der Waals surface area contributed by atoms with Crippen LogP contribution >= 0.6 is 0 Å². The van der Waals surface area contributed by atoms with E-state index in [1.54, 1.807) is 31.2 Å². The highest BCUT2D eigenvalue weighted by molar-refractivity contribution is 5.83. The molecule has 2 N–H and O–H groups in total. The van der Waals surface area contributed by atoms with Crippen molar-refractivity contribution in [1.29, 1.82) is 0 Å². The number of aromatic amines is 1. The second-order valence-electron chi connectivity index (χ2n) is 5.57. The number of carbonyl (C=O) groups excluding carboxylic acids is 1. The van der Waals surface area contributed by atoms with Gasteiger partial charge in [-0.25, -0.2) is 4.98 Å². The summed E-state index contributed by atoms with van der Waals surface area (Å²) in [5.74, 6) is 1.49. The van der Waals surface area contributed by atoms with E-state index in [1.807, 2.05) is 0 Å². The molecule has 2 aromatic heterocycles. The minimum absolute atomic E-state index is 0.163. The number of H-pyrrole nitrogens is 1. The van der Waals surface area contributed by atoms with E-state index in [9.17, 15) is 9.59 Å². The monoisotopic (exact) mass is 342 g/mol. The smallest absolute Gasteiger partial charge is 0.258 e. The number of nitrogens with one attached hydrogen (secondary N) is 2. The molecule has 8 nitrogen and oxygen atoms in total. The van der Waals surface area contributed by atoms with E-state index in [0.29, 0.717) is 46.9 Å². The molecule has 0 bridgehead atoms. The molecule has 8 heteroatoms. The van der Waals surface area contributed by atoms with Gasteiger partial charge in [0.15, 0.2) is 0 Å². The highest BCUT2D eigenvalue weighted by atomic mass is 16.5. The zero-order valence-electron chi connectivity index (χ0n) is 14.0. The number of methoxy groups -OCH3 is 1. The number of hydrogen-bond donors (Lipinski definition) is 2. The SMILES string of the molecule is COc1cccc2c(=O)[nH]c(CCC(=O)NCc3cc(C)on3)nc12. The quantitative estimate of drug-likeness (QED) is 0.702. The first kappa shape index (κ1) is 16.7. The Bertz CT molecular complexity index is 961. The minimum atomic E-state index is -0.252. The summed E-state index contributed by atoms with van der Waals surface area (Å²) in [5.41, 5.74) is 0.896. The highest BCUT2D eigenvalue weighted by Crippen LogP contribution is 2.20. The maximum absolute atomic E-state index is 12.2. The lowest BCUT2D eigenvalue weighted by Gasteiger charge is -2.07. The van der Waals surface area contributed by atoms with Crippen molar-refractivity contribution in [3.05, 3.63) is 51.9 Å². The average Bonchev–Trinajstić information content (AvgIpc) is 3.03. The Balaban J connectivity index is 1.66. The van der Waals surface area contributed by atoms with Crippen LogP contribution in [0, 0.1) is 6.92 Å². The van der Waals surface area contributed by atoms with Gasteiger partial charge < -0.3 is 19.6 Å². The number of ether oxygens (including phenoxy) is 1. The van der Waals surface area contributed by atoms with Gasteiger partial charge in [0.25, 0.3) is 5.56 Å². The molecule has 0 aliphatic heterocycles. The van der Waals surface area contributed by atoms with Crippen molar-refractivity contribution in [1.82, 2.24) is 20.4 Å². The fourth-order valence-corrected chi connectivity index (χ4v) is 2.48. The maximum Gasteiger partial charge on any atom is 0.258 e. The van der Waals surface area contributed by atoms with Crippen LogP contribution in [0.3, 0.4) is 0 Å². The third-order valence-corrected chi connectivity index (χ3v) is 3.70. The van der Waals surface area contributed by atoms with E-state index in [-0.39, 0.29) is 17.9 Å². The molecule has 2 heterocycles. The molecule has 3 aromatic rings. The molecule has 3 rings (SSSR count). The molecular formula is C17H18N4O4. The van der Waals surface area contributed by atoms with E-state index in [2.05, 4.69) is 20.4 Å². The average molecular weight is 342 g/mol. The molecule has 1 aromatic carbocycles. The Hall–Kier alpha value is -3.16. The lowest BCUT2D eigenvalue weighted by molar-refractivity contribution is -0.121. The predicted molar refractivity (Wildman–Crippen MR) is 90.3 cm³/mol. The third kappa shape index (κ3) is 3.85. The molecule has 1 amide bonds. The number of para-hydroxylation sites is 1. The van der Waals surface area contributed by atoms with Gasteiger partial charge in [0.2, 0.25) is 5.91 Å². The van der Waals surface area contributed by atoms with Crippen LogP contribution < -0.4 is 15.6 Å². The summed E-state index contributed by atoms with van der Waals surface area (Å²) < 4.78 is 10.2. The summed E-state index contributed by atoms with van der Waals surface area (Å²) in [5, 5.41) is 7.01. The van der Waals surface area contributed by atoms with E-state index in [0.717, 1.165) is 0 Å². The normalized spacial score (nSPS) is 10.8. The largest absolute Gasteiger partial charge is 0.494 e. The molecule has 0 radical (unpaired) electrons. The fourth-order valence-electron chi connectivity index (χ4n) is 2.48. The van der Waals surface area contributed by atoms with E-state index >= 15 is 0 Å². The van der Waals surface area contributed by atoms with Gasteiger partial charge in [-0.05, 0) is 19.1 Å². The predicted octanol–water partition coefficient (Wildman–Crippen LogP) is 1.48. The highest BCUT2D eigenvalue weighted by Gasteiger charge is 2.10. The number of hydrogen-bond acceptors (Lipinski definition) is 6. The molecule has 0 saturated heterocycles. The van der Waals surface area contributed by atoms with Crippen molar-refractivity contribution in [2.24, 2.45) is 0 Å². The molecule has 0 unspecified atom stereocenters. The van der Waals surface area contributed by atoms with Crippen LogP contribution in [0.15, 0.2) is 33.6 Å². The fraction of sp³-hybridized carbons (Fsp3) is 0.294. The number of amides is 1. The van der Waals surface area contributed by atoms with Crippen LogP contribution in [0.2, 0.25) is 0 Å². The van der Waals surface area contributed by atoms with Crippen molar-refractivity contribution >= 4 is 16.8 Å². The van der Waals surface area contributed by atoms with Gasteiger partial charge in [0.1, 0.15) is 28.5 Å². The number of nitrogens with zero attached hydrogens (tertiary/aromatic N) is 2.